The Labute approximate surface area is 136 Å². The fraction of sp³-hybridized carbons (Fsp3) is 0.350. The third-order valence-corrected chi connectivity index (χ3v) is 5.25. The van der Waals surface area contributed by atoms with Crippen LogP contribution in [0.1, 0.15) is 51.5 Å². The van der Waals surface area contributed by atoms with E-state index in [0.717, 1.165) is 41.7 Å². The number of amides is 1. The average molecular weight is 307 g/mol. The number of carbonyl (C=O) groups is 1. The van der Waals surface area contributed by atoms with Crippen molar-refractivity contribution >= 4 is 5.91 Å². The van der Waals surface area contributed by atoms with Gasteiger partial charge in [-0.25, -0.2) is 0 Å². The normalized spacial score (nSPS) is 19.5. The van der Waals surface area contributed by atoms with Crippen molar-refractivity contribution in [3.8, 4) is 5.75 Å². The Morgan fingerprint density at radius 3 is 2.78 bits per heavy atom. The predicted molar refractivity (Wildman–Crippen MR) is 89.7 cm³/mol. The number of benzene rings is 2. The molecule has 0 saturated carbocycles. The third kappa shape index (κ3) is 2.14. The van der Waals surface area contributed by atoms with Gasteiger partial charge in [0.15, 0.2) is 0 Å². The van der Waals surface area contributed by atoms with Crippen molar-refractivity contribution in [2.75, 3.05) is 7.11 Å². The van der Waals surface area contributed by atoms with Gasteiger partial charge in [-0.2, -0.15) is 0 Å². The van der Waals surface area contributed by atoms with Gasteiger partial charge < -0.3 is 9.64 Å². The van der Waals surface area contributed by atoms with Gasteiger partial charge in [0.2, 0.25) is 0 Å². The standard InChI is InChI=1S/C20H21NO2/c1-13-18(23-2)11-10-15-12-21(20(22)19(13)15)17-9-5-7-14-6-3-4-8-16(14)17/h3-4,6,8,10-11,17H,5,7,9,12H2,1-2H3/t17-/m1/s1. The monoisotopic (exact) mass is 307 g/mol. The Kier molecular flexibility index (Phi) is 3.37. The maximum absolute atomic E-state index is 13.1. The lowest BCUT2D eigenvalue weighted by molar-refractivity contribution is 0.0682. The summed E-state index contributed by atoms with van der Waals surface area (Å²) in [6, 6.07) is 12.8. The van der Waals surface area contributed by atoms with E-state index in [1.807, 2.05) is 19.1 Å². The molecule has 0 bridgehead atoms. The van der Waals surface area contributed by atoms with Crippen molar-refractivity contribution in [2.45, 2.75) is 38.8 Å². The zero-order valence-electron chi connectivity index (χ0n) is 13.6. The summed E-state index contributed by atoms with van der Waals surface area (Å²) in [6.45, 7) is 2.69. The first-order valence-corrected chi connectivity index (χ1v) is 8.26. The predicted octanol–water partition coefficient (Wildman–Crippen LogP) is 4.04. The number of fused-ring (bicyclic) bond motifs is 2. The zero-order valence-corrected chi connectivity index (χ0v) is 13.6. The van der Waals surface area contributed by atoms with E-state index in [1.165, 1.54) is 11.1 Å². The number of nitrogens with zero attached hydrogens (tertiary/aromatic N) is 1. The van der Waals surface area contributed by atoms with Crippen LogP contribution in [0.25, 0.3) is 0 Å². The minimum atomic E-state index is 0.151. The smallest absolute Gasteiger partial charge is 0.255 e. The molecule has 3 heteroatoms. The van der Waals surface area contributed by atoms with Crippen LogP contribution in [-0.2, 0) is 13.0 Å². The third-order valence-electron chi connectivity index (χ3n) is 5.25. The Morgan fingerprint density at radius 1 is 1.13 bits per heavy atom. The fourth-order valence-electron chi connectivity index (χ4n) is 4.10. The first-order chi connectivity index (χ1) is 11.2. The molecule has 118 valence electrons. The molecule has 0 saturated heterocycles. The molecule has 0 aromatic heterocycles. The van der Waals surface area contributed by atoms with E-state index in [4.69, 9.17) is 4.74 Å². The quantitative estimate of drug-likeness (QED) is 0.838. The molecule has 23 heavy (non-hydrogen) atoms. The zero-order chi connectivity index (χ0) is 16.0. The number of methoxy groups -OCH3 is 1. The number of carbonyl (C=O) groups excluding carboxylic acids is 1. The van der Waals surface area contributed by atoms with Gasteiger partial charge in [0, 0.05) is 12.1 Å². The van der Waals surface area contributed by atoms with E-state index < -0.39 is 0 Å². The molecule has 2 aromatic carbocycles. The summed E-state index contributed by atoms with van der Waals surface area (Å²) >= 11 is 0. The highest BCUT2D eigenvalue weighted by atomic mass is 16.5. The van der Waals surface area contributed by atoms with Gasteiger partial charge >= 0.3 is 0 Å². The second-order valence-electron chi connectivity index (χ2n) is 6.47. The molecule has 1 atom stereocenters. The van der Waals surface area contributed by atoms with Crippen LogP contribution < -0.4 is 4.74 Å². The minimum absolute atomic E-state index is 0.151. The molecule has 0 N–H and O–H groups in total. The first-order valence-electron chi connectivity index (χ1n) is 8.26. The van der Waals surface area contributed by atoms with Gasteiger partial charge in [-0.05, 0) is 48.9 Å². The van der Waals surface area contributed by atoms with Crippen LogP contribution in [0.5, 0.6) is 5.75 Å². The second kappa shape index (κ2) is 5.41. The largest absolute Gasteiger partial charge is 0.496 e. The molecule has 2 aromatic rings. The number of hydrogen-bond acceptors (Lipinski definition) is 2. The fourth-order valence-corrected chi connectivity index (χ4v) is 4.10. The average Bonchev–Trinajstić information content (AvgIpc) is 2.92. The number of rotatable bonds is 2. The SMILES string of the molecule is COc1ccc2c(c1C)C(=O)N([C@@H]1CCCc3ccccc31)C2. The van der Waals surface area contributed by atoms with Crippen LogP contribution in [0.3, 0.4) is 0 Å². The van der Waals surface area contributed by atoms with Crippen molar-refractivity contribution in [1.82, 2.24) is 4.90 Å². The molecule has 0 spiro atoms. The van der Waals surface area contributed by atoms with Crippen molar-refractivity contribution < 1.29 is 9.53 Å². The van der Waals surface area contributed by atoms with Crippen LogP contribution in [-0.4, -0.2) is 17.9 Å². The molecule has 1 aliphatic carbocycles. The Balaban J connectivity index is 1.74. The summed E-state index contributed by atoms with van der Waals surface area (Å²) in [4.78, 5) is 15.1. The maximum atomic E-state index is 13.1. The van der Waals surface area contributed by atoms with Gasteiger partial charge in [-0.1, -0.05) is 30.3 Å². The van der Waals surface area contributed by atoms with Crippen LogP contribution in [0.2, 0.25) is 0 Å². The highest BCUT2D eigenvalue weighted by molar-refractivity contribution is 6.00. The van der Waals surface area contributed by atoms with Gasteiger partial charge in [0.1, 0.15) is 5.75 Å². The van der Waals surface area contributed by atoms with Crippen LogP contribution in [0, 0.1) is 6.92 Å². The van der Waals surface area contributed by atoms with Gasteiger partial charge in [0.25, 0.3) is 5.91 Å². The highest BCUT2D eigenvalue weighted by Crippen LogP contribution is 2.40. The first kappa shape index (κ1) is 14.3. The lowest BCUT2D eigenvalue weighted by Gasteiger charge is -2.33. The summed E-state index contributed by atoms with van der Waals surface area (Å²) in [5.74, 6) is 0.945. The van der Waals surface area contributed by atoms with Gasteiger partial charge in [-0.15, -0.1) is 0 Å². The van der Waals surface area contributed by atoms with Crippen molar-refractivity contribution in [3.05, 3.63) is 64.2 Å². The second-order valence-corrected chi connectivity index (χ2v) is 6.47. The maximum Gasteiger partial charge on any atom is 0.255 e. The minimum Gasteiger partial charge on any atom is -0.496 e. The van der Waals surface area contributed by atoms with Crippen molar-refractivity contribution in [2.24, 2.45) is 0 Å². The van der Waals surface area contributed by atoms with Crippen LogP contribution >= 0.6 is 0 Å². The molecule has 1 aliphatic heterocycles. The molecule has 1 amide bonds. The van der Waals surface area contributed by atoms with E-state index in [1.54, 1.807) is 7.11 Å². The van der Waals surface area contributed by atoms with E-state index in [2.05, 4.69) is 29.2 Å². The Hall–Kier alpha value is -2.29. The molecule has 0 radical (unpaired) electrons. The number of aryl methyl sites for hydroxylation is 1. The number of hydrogen-bond donors (Lipinski definition) is 0. The molecule has 1 heterocycles. The van der Waals surface area contributed by atoms with E-state index in [0.29, 0.717) is 6.54 Å². The topological polar surface area (TPSA) is 29.5 Å². The summed E-state index contributed by atoms with van der Waals surface area (Å²) in [7, 11) is 1.66. The lowest BCUT2D eigenvalue weighted by Crippen LogP contribution is -2.31. The Morgan fingerprint density at radius 2 is 1.96 bits per heavy atom. The molecule has 0 unspecified atom stereocenters. The summed E-state index contributed by atoms with van der Waals surface area (Å²) in [5.41, 5.74) is 5.64. The van der Waals surface area contributed by atoms with Crippen molar-refractivity contribution in [1.29, 1.82) is 0 Å². The summed E-state index contributed by atoms with van der Waals surface area (Å²) in [6.07, 6.45) is 3.31. The highest BCUT2D eigenvalue weighted by Gasteiger charge is 2.36. The van der Waals surface area contributed by atoms with E-state index >= 15 is 0 Å². The van der Waals surface area contributed by atoms with Gasteiger partial charge in [-0.3, -0.25) is 4.79 Å². The van der Waals surface area contributed by atoms with E-state index in [-0.39, 0.29) is 11.9 Å². The summed E-state index contributed by atoms with van der Waals surface area (Å²) < 4.78 is 5.38. The molecular formula is C20H21NO2. The molecule has 3 nitrogen and oxygen atoms in total. The molecule has 2 aliphatic rings. The Bertz CT molecular complexity index is 781. The van der Waals surface area contributed by atoms with E-state index in [9.17, 15) is 4.79 Å². The van der Waals surface area contributed by atoms with Crippen molar-refractivity contribution in [3.63, 3.8) is 0 Å². The van der Waals surface area contributed by atoms with Crippen LogP contribution in [0.15, 0.2) is 36.4 Å². The van der Waals surface area contributed by atoms with Crippen LogP contribution in [0.4, 0.5) is 0 Å². The summed E-state index contributed by atoms with van der Waals surface area (Å²) in [5, 5.41) is 0. The van der Waals surface area contributed by atoms with Gasteiger partial charge in [0.05, 0.1) is 18.7 Å². The molecule has 4 rings (SSSR count). The molecule has 0 fully saturated rings. The number of ether oxygens (including phenoxy) is 1. The molecular weight excluding hydrogens is 286 g/mol. The lowest BCUT2D eigenvalue weighted by atomic mass is 9.87.